The third-order valence-electron chi connectivity index (χ3n) is 6.42. The Balaban J connectivity index is 0.000000426. The zero-order valence-electron chi connectivity index (χ0n) is 20.8. The van der Waals surface area contributed by atoms with E-state index in [2.05, 4.69) is 51.8 Å². The zero-order chi connectivity index (χ0) is 27.3. The molecule has 0 radical (unpaired) electrons. The second kappa shape index (κ2) is 11.5. The van der Waals surface area contributed by atoms with Gasteiger partial charge in [0.05, 0.1) is 30.0 Å². The summed E-state index contributed by atoms with van der Waals surface area (Å²) in [6.07, 6.45) is 4.63. The largest absolute Gasteiger partial charge is 0.490 e. The van der Waals surface area contributed by atoms with E-state index < -0.39 is 12.1 Å². The highest BCUT2D eigenvalue weighted by molar-refractivity contribution is 5.92. The molecule has 0 saturated heterocycles. The van der Waals surface area contributed by atoms with Crippen molar-refractivity contribution in [1.82, 2.24) is 25.1 Å². The number of alkyl halides is 3. The molecule has 1 fully saturated rings. The molecule has 202 valence electrons. The predicted molar refractivity (Wildman–Crippen MR) is 134 cm³/mol. The van der Waals surface area contributed by atoms with E-state index in [0.717, 1.165) is 40.1 Å². The molecule has 10 nitrogen and oxygen atoms in total. The Hall–Kier alpha value is -4.16. The number of benzene rings is 1. The van der Waals surface area contributed by atoms with Gasteiger partial charge in [0, 0.05) is 5.39 Å². The Kier molecular flexibility index (Phi) is 8.13. The lowest BCUT2D eigenvalue weighted by Crippen LogP contribution is -2.21. The van der Waals surface area contributed by atoms with Crippen LogP contribution in [0.3, 0.4) is 0 Å². The highest BCUT2D eigenvalue weighted by atomic mass is 19.4. The Bertz CT molecular complexity index is 1370. The smallest absolute Gasteiger partial charge is 0.475 e. The van der Waals surface area contributed by atoms with E-state index >= 15 is 0 Å². The lowest BCUT2D eigenvalue weighted by Gasteiger charge is -2.25. The fourth-order valence-electron chi connectivity index (χ4n) is 4.14. The van der Waals surface area contributed by atoms with Crippen molar-refractivity contribution in [3.63, 3.8) is 0 Å². The van der Waals surface area contributed by atoms with Gasteiger partial charge in [0.1, 0.15) is 17.8 Å². The number of aryl methyl sites for hydroxylation is 1. The van der Waals surface area contributed by atoms with E-state index in [9.17, 15) is 13.2 Å². The molecule has 4 aromatic rings. The number of hydrogen-bond donors (Lipinski definition) is 4. The van der Waals surface area contributed by atoms with Crippen molar-refractivity contribution in [3.8, 4) is 0 Å². The average Bonchev–Trinajstić information content (AvgIpc) is 3.53. The number of anilines is 2. The van der Waals surface area contributed by atoms with Crippen molar-refractivity contribution in [2.75, 3.05) is 10.6 Å². The summed E-state index contributed by atoms with van der Waals surface area (Å²) in [6, 6.07) is 6.15. The number of nitrogens with one attached hydrogen (secondary N) is 3. The van der Waals surface area contributed by atoms with Gasteiger partial charge < -0.3 is 20.2 Å². The second-order valence-electron chi connectivity index (χ2n) is 8.97. The number of aliphatic carboxylic acids is 1. The summed E-state index contributed by atoms with van der Waals surface area (Å²) in [5.41, 5.74) is 5.34. The Morgan fingerprint density at radius 3 is 2.66 bits per heavy atom. The molecule has 1 atom stereocenters. The zero-order valence-corrected chi connectivity index (χ0v) is 20.8. The van der Waals surface area contributed by atoms with Crippen LogP contribution < -0.4 is 10.6 Å². The first-order valence-corrected chi connectivity index (χ1v) is 12.2. The Morgan fingerprint density at radius 2 is 2.05 bits per heavy atom. The number of halogens is 3. The number of para-hydroxylation sites is 1. The van der Waals surface area contributed by atoms with E-state index in [1.807, 2.05) is 12.3 Å². The number of nitrogens with zero attached hydrogens (tertiary/aromatic N) is 4. The van der Waals surface area contributed by atoms with Crippen molar-refractivity contribution in [2.24, 2.45) is 0 Å². The van der Waals surface area contributed by atoms with Gasteiger partial charge in [-0.15, -0.1) is 0 Å². The van der Waals surface area contributed by atoms with Gasteiger partial charge in [-0.05, 0) is 49.3 Å². The van der Waals surface area contributed by atoms with Crippen molar-refractivity contribution in [2.45, 2.75) is 64.2 Å². The molecule has 38 heavy (non-hydrogen) atoms. The molecular weight excluding hydrogens is 503 g/mol. The van der Waals surface area contributed by atoms with Crippen molar-refractivity contribution in [1.29, 1.82) is 0 Å². The van der Waals surface area contributed by atoms with Crippen LogP contribution in [-0.4, -0.2) is 42.4 Å². The molecule has 5 rings (SSSR count). The highest BCUT2D eigenvalue weighted by Crippen LogP contribution is 2.37. The molecule has 1 aliphatic carbocycles. The topological polar surface area (TPSA) is 142 Å². The van der Waals surface area contributed by atoms with Crippen LogP contribution in [0.5, 0.6) is 0 Å². The molecule has 0 spiro atoms. The minimum atomic E-state index is -5.08. The molecule has 0 amide bonds. The van der Waals surface area contributed by atoms with E-state index in [1.54, 1.807) is 6.26 Å². The number of aromatic nitrogens is 5. The maximum atomic E-state index is 10.6. The van der Waals surface area contributed by atoms with Crippen LogP contribution in [0.15, 0.2) is 41.5 Å². The lowest BCUT2D eigenvalue weighted by molar-refractivity contribution is -0.192. The first-order valence-electron chi connectivity index (χ1n) is 12.2. The number of aromatic amines is 1. The SMILES string of the molecule is CCC(Nc1nc(NCc2[nH]ncc2C2CCC2)c2cccc(C)c2n1)c1cocn1.O=C(O)C(F)(F)F. The van der Waals surface area contributed by atoms with E-state index in [1.165, 1.54) is 31.2 Å². The van der Waals surface area contributed by atoms with Gasteiger partial charge in [0.15, 0.2) is 6.39 Å². The molecule has 4 N–H and O–H groups in total. The number of hydrogen-bond acceptors (Lipinski definition) is 8. The third-order valence-corrected chi connectivity index (χ3v) is 6.42. The fourth-order valence-corrected chi connectivity index (χ4v) is 4.14. The van der Waals surface area contributed by atoms with Crippen molar-refractivity contribution >= 4 is 28.6 Å². The van der Waals surface area contributed by atoms with E-state index in [4.69, 9.17) is 24.3 Å². The molecule has 1 aliphatic rings. The summed E-state index contributed by atoms with van der Waals surface area (Å²) in [7, 11) is 0. The average molecular weight is 532 g/mol. The first kappa shape index (κ1) is 26.9. The van der Waals surface area contributed by atoms with E-state index in [0.29, 0.717) is 18.4 Å². The van der Waals surface area contributed by atoms with E-state index in [-0.39, 0.29) is 6.04 Å². The fraction of sp³-hybridized carbons (Fsp3) is 0.400. The maximum Gasteiger partial charge on any atom is 0.490 e. The monoisotopic (exact) mass is 531 g/mol. The number of H-pyrrole nitrogens is 1. The van der Waals surface area contributed by atoms with Gasteiger partial charge in [0.25, 0.3) is 0 Å². The first-order chi connectivity index (χ1) is 18.2. The standard InChI is InChI=1S/C23H27N7O.C2HF3O2/c1-3-18(20-12-31-13-25-20)27-23-28-21-14(2)6-4-9-16(21)22(29-23)24-11-19-17(10-26-30-19)15-7-5-8-15;3-2(4,5)1(6)7/h4,6,9-10,12-13,15,18H,3,5,7-8,11H2,1-2H3,(H,26,30)(H2,24,27,28,29);(H,6,7). The third kappa shape index (κ3) is 6.21. The number of carboxylic acid groups (broad SMARTS) is 1. The van der Waals surface area contributed by atoms with Gasteiger partial charge in [-0.25, -0.2) is 14.8 Å². The number of carboxylic acids is 1. The highest BCUT2D eigenvalue weighted by Gasteiger charge is 2.38. The predicted octanol–water partition coefficient (Wildman–Crippen LogP) is 5.73. The van der Waals surface area contributed by atoms with Crippen molar-refractivity contribution < 1.29 is 27.5 Å². The normalized spacial score (nSPS) is 14.3. The number of carbonyl (C=O) groups is 1. The minimum absolute atomic E-state index is 0.0223. The van der Waals surface area contributed by atoms with Crippen LogP contribution in [0, 0.1) is 6.92 Å². The molecule has 0 bridgehead atoms. The minimum Gasteiger partial charge on any atom is -0.475 e. The van der Waals surface area contributed by atoms with Gasteiger partial charge in [0.2, 0.25) is 5.95 Å². The summed E-state index contributed by atoms with van der Waals surface area (Å²) < 4.78 is 36.9. The van der Waals surface area contributed by atoms with Crippen molar-refractivity contribution in [3.05, 3.63) is 59.6 Å². The lowest BCUT2D eigenvalue weighted by atomic mass is 9.80. The van der Waals surface area contributed by atoms with Gasteiger partial charge >= 0.3 is 12.1 Å². The van der Waals surface area contributed by atoms with Crippen LogP contribution in [0.2, 0.25) is 0 Å². The summed E-state index contributed by atoms with van der Waals surface area (Å²) in [5, 5.41) is 22.5. The molecule has 1 unspecified atom stereocenters. The van der Waals surface area contributed by atoms with Crippen LogP contribution in [0.4, 0.5) is 24.9 Å². The van der Waals surface area contributed by atoms with Crippen LogP contribution in [0.25, 0.3) is 10.9 Å². The van der Waals surface area contributed by atoms with Gasteiger partial charge in [-0.2, -0.15) is 23.3 Å². The molecule has 1 saturated carbocycles. The second-order valence-corrected chi connectivity index (χ2v) is 8.97. The van der Waals surface area contributed by atoms with Gasteiger partial charge in [-0.1, -0.05) is 25.5 Å². The molecule has 3 aromatic heterocycles. The molecular formula is C25H28F3N7O3. The number of rotatable bonds is 8. The molecule has 0 aliphatic heterocycles. The molecule has 1 aromatic carbocycles. The summed E-state index contributed by atoms with van der Waals surface area (Å²) in [4.78, 5) is 22.8. The summed E-state index contributed by atoms with van der Waals surface area (Å²) in [6.45, 7) is 4.81. The summed E-state index contributed by atoms with van der Waals surface area (Å²) in [5.74, 6) is -0.749. The maximum absolute atomic E-state index is 10.6. The number of fused-ring (bicyclic) bond motifs is 1. The Labute approximate surface area is 216 Å². The quantitative estimate of drug-likeness (QED) is 0.224. The van der Waals surface area contributed by atoms with Crippen LogP contribution in [-0.2, 0) is 11.3 Å². The van der Waals surface area contributed by atoms with Crippen LogP contribution in [0.1, 0.15) is 67.1 Å². The molecule has 3 heterocycles. The molecule has 13 heteroatoms. The van der Waals surface area contributed by atoms with Crippen LogP contribution >= 0.6 is 0 Å². The summed E-state index contributed by atoms with van der Waals surface area (Å²) >= 11 is 0. The Morgan fingerprint density at radius 1 is 1.29 bits per heavy atom. The van der Waals surface area contributed by atoms with Gasteiger partial charge in [-0.3, -0.25) is 5.10 Å². The number of oxazole rings is 1.